The summed E-state index contributed by atoms with van der Waals surface area (Å²) in [5, 5.41) is 9.61. The second-order valence-electron chi connectivity index (χ2n) is 11.3. The van der Waals surface area contributed by atoms with Crippen molar-refractivity contribution < 1.29 is 4.42 Å². The van der Waals surface area contributed by atoms with Crippen molar-refractivity contribution in [3.05, 3.63) is 158 Å². The van der Waals surface area contributed by atoms with Crippen LogP contribution in [-0.2, 0) is 0 Å². The van der Waals surface area contributed by atoms with Crippen LogP contribution >= 0.6 is 0 Å². The number of hydrogen-bond acceptors (Lipinski definition) is 1. The zero-order valence-corrected chi connectivity index (χ0v) is 25.4. The van der Waals surface area contributed by atoms with Gasteiger partial charge in [-0.05, 0) is 84.6 Å². The Morgan fingerprint density at radius 3 is 1.51 bits per heavy atom. The van der Waals surface area contributed by atoms with E-state index in [9.17, 15) is 0 Å². The fourth-order valence-electron chi connectivity index (χ4n) is 6.90. The molecule has 0 N–H and O–H groups in total. The summed E-state index contributed by atoms with van der Waals surface area (Å²) in [7, 11) is 0. The molecule has 0 fully saturated rings. The van der Waals surface area contributed by atoms with Gasteiger partial charge in [0.15, 0.2) is 0 Å². The molecule has 1 aromatic heterocycles. The molecule has 9 rings (SSSR count). The molecule has 0 aliphatic carbocycles. The first-order chi connectivity index (χ1) is 22.3. The van der Waals surface area contributed by atoms with Gasteiger partial charge in [-0.2, -0.15) is 0 Å². The maximum atomic E-state index is 6.60. The van der Waals surface area contributed by atoms with E-state index in [0.717, 1.165) is 32.9 Å². The van der Waals surface area contributed by atoms with Crippen LogP contribution in [0.1, 0.15) is 13.8 Å². The van der Waals surface area contributed by atoms with Gasteiger partial charge in [-0.3, -0.25) is 0 Å². The van der Waals surface area contributed by atoms with Crippen molar-refractivity contribution in [2.24, 2.45) is 0 Å². The molecule has 0 saturated heterocycles. The molecular formula is C44H32O. The molecule has 0 aliphatic rings. The van der Waals surface area contributed by atoms with Crippen LogP contribution in [0.3, 0.4) is 0 Å². The minimum absolute atomic E-state index is 0.914. The van der Waals surface area contributed by atoms with E-state index in [-0.39, 0.29) is 0 Å². The summed E-state index contributed by atoms with van der Waals surface area (Å²) in [6, 6.07) is 56.8. The summed E-state index contributed by atoms with van der Waals surface area (Å²) in [5.41, 5.74) is 9.20. The van der Waals surface area contributed by atoms with Crippen molar-refractivity contribution in [3.63, 3.8) is 0 Å². The van der Waals surface area contributed by atoms with Gasteiger partial charge in [0.2, 0.25) is 0 Å². The van der Waals surface area contributed by atoms with E-state index in [4.69, 9.17) is 4.42 Å². The zero-order chi connectivity index (χ0) is 30.3. The maximum Gasteiger partial charge on any atom is 0.143 e. The molecule has 0 radical (unpaired) electrons. The highest BCUT2D eigenvalue weighted by Gasteiger charge is 2.18. The fourth-order valence-corrected chi connectivity index (χ4v) is 6.90. The Bertz CT molecular complexity index is 2440. The van der Waals surface area contributed by atoms with Gasteiger partial charge in [0.1, 0.15) is 11.2 Å². The molecule has 9 aromatic rings. The summed E-state index contributed by atoms with van der Waals surface area (Å²) in [5.74, 6) is 0. The minimum Gasteiger partial charge on any atom is -0.455 e. The van der Waals surface area contributed by atoms with Gasteiger partial charge >= 0.3 is 0 Å². The first kappa shape index (κ1) is 26.9. The average molecular weight is 577 g/mol. The number of fused-ring (bicyclic) bond motifs is 7. The highest BCUT2D eigenvalue weighted by atomic mass is 16.3. The van der Waals surface area contributed by atoms with Crippen LogP contribution in [0.25, 0.3) is 87.6 Å². The van der Waals surface area contributed by atoms with Crippen molar-refractivity contribution in [2.75, 3.05) is 0 Å². The molecule has 0 unspecified atom stereocenters. The van der Waals surface area contributed by atoms with E-state index >= 15 is 0 Å². The van der Waals surface area contributed by atoms with E-state index in [1.807, 2.05) is 13.8 Å². The molecule has 0 bridgehead atoms. The molecule has 8 aromatic carbocycles. The van der Waals surface area contributed by atoms with E-state index < -0.39 is 0 Å². The molecule has 0 saturated carbocycles. The molecule has 0 amide bonds. The van der Waals surface area contributed by atoms with Crippen LogP contribution in [0, 0.1) is 0 Å². The van der Waals surface area contributed by atoms with Crippen LogP contribution in [-0.4, -0.2) is 0 Å². The van der Waals surface area contributed by atoms with Crippen LogP contribution in [0.4, 0.5) is 0 Å². The van der Waals surface area contributed by atoms with Crippen LogP contribution in [0.5, 0.6) is 0 Å². The smallest absolute Gasteiger partial charge is 0.143 e. The molecule has 1 heteroatoms. The highest BCUT2D eigenvalue weighted by Crippen LogP contribution is 2.45. The quantitative estimate of drug-likeness (QED) is 0.191. The van der Waals surface area contributed by atoms with Gasteiger partial charge in [-0.15, -0.1) is 0 Å². The molecule has 1 nitrogen and oxygen atoms in total. The largest absolute Gasteiger partial charge is 0.455 e. The lowest BCUT2D eigenvalue weighted by Gasteiger charge is -2.18. The maximum absolute atomic E-state index is 6.60. The monoisotopic (exact) mass is 576 g/mol. The first-order valence-corrected chi connectivity index (χ1v) is 15.8. The third-order valence-corrected chi connectivity index (χ3v) is 8.84. The number of hydrogen-bond donors (Lipinski definition) is 0. The second-order valence-corrected chi connectivity index (χ2v) is 11.3. The standard InChI is InChI=1S/C42H26O.C2H6/c1-2-11-27(12-3-1)29-14-10-15-30(25-29)40-34-17-6-8-19-36(34)41(37-20-9-7-18-35(37)40)31-22-23-33-38-24-21-28-13-4-5-16-32(28)42(38)43-39(33)26-31;1-2/h1-26H;1-2H3. The summed E-state index contributed by atoms with van der Waals surface area (Å²) < 4.78 is 6.60. The third-order valence-electron chi connectivity index (χ3n) is 8.84. The van der Waals surface area contributed by atoms with E-state index in [1.165, 1.54) is 54.7 Å². The predicted octanol–water partition coefficient (Wildman–Crippen LogP) is 13.1. The van der Waals surface area contributed by atoms with Crippen molar-refractivity contribution in [2.45, 2.75) is 13.8 Å². The highest BCUT2D eigenvalue weighted by molar-refractivity contribution is 6.22. The van der Waals surface area contributed by atoms with Crippen LogP contribution in [0.2, 0.25) is 0 Å². The van der Waals surface area contributed by atoms with Gasteiger partial charge < -0.3 is 4.42 Å². The van der Waals surface area contributed by atoms with Crippen molar-refractivity contribution in [1.29, 1.82) is 0 Å². The van der Waals surface area contributed by atoms with Gasteiger partial charge in [-0.25, -0.2) is 0 Å². The minimum atomic E-state index is 0.914. The Balaban J connectivity index is 0.00000147. The molecule has 0 aliphatic heterocycles. The lowest BCUT2D eigenvalue weighted by Crippen LogP contribution is -1.91. The Labute approximate surface area is 263 Å². The average Bonchev–Trinajstić information content (AvgIpc) is 3.50. The van der Waals surface area contributed by atoms with Gasteiger partial charge in [0.05, 0.1) is 0 Å². The normalized spacial score (nSPS) is 11.3. The molecule has 1 heterocycles. The summed E-state index contributed by atoms with van der Waals surface area (Å²) in [6.07, 6.45) is 0. The zero-order valence-electron chi connectivity index (χ0n) is 25.4. The fraction of sp³-hybridized carbons (Fsp3) is 0.0455. The molecule has 0 spiro atoms. The van der Waals surface area contributed by atoms with Gasteiger partial charge in [0.25, 0.3) is 0 Å². The summed E-state index contributed by atoms with van der Waals surface area (Å²) in [4.78, 5) is 0. The van der Waals surface area contributed by atoms with Crippen molar-refractivity contribution in [3.8, 4) is 33.4 Å². The topological polar surface area (TPSA) is 13.1 Å². The second kappa shape index (κ2) is 11.1. The first-order valence-electron chi connectivity index (χ1n) is 15.8. The SMILES string of the molecule is CC.c1ccc(-c2cccc(-c3c4ccccc4c(-c4ccc5c(c4)oc4c6ccccc6ccc54)c4ccccc34)c2)cc1. The van der Waals surface area contributed by atoms with Gasteiger partial charge in [0, 0.05) is 16.2 Å². The lowest BCUT2D eigenvalue weighted by molar-refractivity contribution is 0.673. The molecular weight excluding hydrogens is 544 g/mol. The number of rotatable bonds is 3. The van der Waals surface area contributed by atoms with Crippen molar-refractivity contribution >= 4 is 54.3 Å². The molecule has 45 heavy (non-hydrogen) atoms. The summed E-state index contributed by atoms with van der Waals surface area (Å²) >= 11 is 0. The molecule has 214 valence electrons. The predicted molar refractivity (Wildman–Crippen MR) is 194 cm³/mol. The van der Waals surface area contributed by atoms with Gasteiger partial charge in [-0.1, -0.05) is 147 Å². The van der Waals surface area contributed by atoms with E-state index in [1.54, 1.807) is 0 Å². The van der Waals surface area contributed by atoms with E-state index in [2.05, 4.69) is 158 Å². The Morgan fingerprint density at radius 2 is 0.844 bits per heavy atom. The Morgan fingerprint density at radius 1 is 0.333 bits per heavy atom. The molecule has 0 atom stereocenters. The third kappa shape index (κ3) is 4.39. The Hall–Kier alpha value is -5.66. The number of furan rings is 1. The van der Waals surface area contributed by atoms with E-state index in [0.29, 0.717) is 0 Å². The number of benzene rings is 8. The van der Waals surface area contributed by atoms with Crippen LogP contribution in [0.15, 0.2) is 162 Å². The lowest BCUT2D eigenvalue weighted by atomic mass is 9.85. The Kier molecular flexibility index (Phi) is 6.65. The summed E-state index contributed by atoms with van der Waals surface area (Å²) in [6.45, 7) is 4.00. The van der Waals surface area contributed by atoms with Crippen LogP contribution < -0.4 is 0 Å². The van der Waals surface area contributed by atoms with Crippen molar-refractivity contribution in [1.82, 2.24) is 0 Å².